The second kappa shape index (κ2) is 5.63. The van der Waals surface area contributed by atoms with Crippen LogP contribution in [0.1, 0.15) is 11.1 Å². The van der Waals surface area contributed by atoms with Crippen molar-refractivity contribution in [2.45, 2.75) is 6.92 Å². The highest BCUT2D eigenvalue weighted by molar-refractivity contribution is 6.31. The van der Waals surface area contributed by atoms with Crippen molar-refractivity contribution in [2.24, 2.45) is 4.99 Å². The van der Waals surface area contributed by atoms with Crippen molar-refractivity contribution in [3.05, 3.63) is 68.7 Å². The lowest BCUT2D eigenvalue weighted by Gasteiger charge is -2.01. The van der Waals surface area contributed by atoms with Crippen molar-refractivity contribution in [3.8, 4) is 0 Å². The maximum atomic E-state index is 10.5. The molecule has 0 unspecified atom stereocenters. The molecule has 0 N–H and O–H groups in total. The molecule has 2 rings (SSSR count). The van der Waals surface area contributed by atoms with Crippen LogP contribution in [0.25, 0.3) is 0 Å². The van der Waals surface area contributed by atoms with Gasteiger partial charge in [0.2, 0.25) is 0 Å². The topological polar surface area (TPSA) is 55.5 Å². The second-order valence-corrected chi connectivity index (χ2v) is 4.40. The summed E-state index contributed by atoms with van der Waals surface area (Å²) in [5.74, 6) is 0. The van der Waals surface area contributed by atoms with Gasteiger partial charge in [0, 0.05) is 23.4 Å². The van der Waals surface area contributed by atoms with Gasteiger partial charge in [0.25, 0.3) is 5.69 Å². The van der Waals surface area contributed by atoms with Gasteiger partial charge in [0.05, 0.1) is 10.6 Å². The lowest BCUT2D eigenvalue weighted by molar-refractivity contribution is -0.384. The van der Waals surface area contributed by atoms with Gasteiger partial charge in [-0.1, -0.05) is 17.7 Å². The van der Waals surface area contributed by atoms with Crippen molar-refractivity contribution in [1.82, 2.24) is 0 Å². The van der Waals surface area contributed by atoms with Crippen LogP contribution in [0.5, 0.6) is 0 Å². The molecule has 0 bridgehead atoms. The smallest absolute Gasteiger partial charge is 0.258 e. The van der Waals surface area contributed by atoms with Crippen LogP contribution in [-0.4, -0.2) is 11.1 Å². The number of non-ortho nitro benzene ring substituents is 1. The SMILES string of the molecule is Cc1c(Cl)cccc1N=Cc1ccc([N+](=O)[O-])cc1. The first-order chi connectivity index (χ1) is 9.08. The zero-order chi connectivity index (χ0) is 13.8. The zero-order valence-corrected chi connectivity index (χ0v) is 11.0. The summed E-state index contributed by atoms with van der Waals surface area (Å²) in [6, 6.07) is 11.7. The van der Waals surface area contributed by atoms with Crippen LogP contribution in [0, 0.1) is 17.0 Å². The third-order valence-electron chi connectivity index (χ3n) is 2.70. The lowest BCUT2D eigenvalue weighted by Crippen LogP contribution is -1.88. The Hall–Kier alpha value is -2.20. The van der Waals surface area contributed by atoms with E-state index in [1.807, 2.05) is 25.1 Å². The largest absolute Gasteiger partial charge is 0.269 e. The zero-order valence-electron chi connectivity index (χ0n) is 10.2. The highest BCUT2D eigenvalue weighted by Gasteiger charge is 2.03. The van der Waals surface area contributed by atoms with Gasteiger partial charge in [-0.15, -0.1) is 0 Å². The number of rotatable bonds is 3. The molecule has 96 valence electrons. The molecule has 2 aromatic carbocycles. The Labute approximate surface area is 115 Å². The van der Waals surface area contributed by atoms with Crippen LogP contribution in [0.2, 0.25) is 5.02 Å². The number of halogens is 1. The summed E-state index contributed by atoms with van der Waals surface area (Å²) in [5, 5.41) is 11.2. The molecule has 0 heterocycles. The minimum Gasteiger partial charge on any atom is -0.258 e. The van der Waals surface area contributed by atoms with Gasteiger partial charge >= 0.3 is 0 Å². The maximum absolute atomic E-state index is 10.5. The lowest BCUT2D eigenvalue weighted by atomic mass is 10.2. The van der Waals surface area contributed by atoms with Crippen molar-refractivity contribution in [3.63, 3.8) is 0 Å². The Morgan fingerprint density at radius 1 is 1.21 bits per heavy atom. The summed E-state index contributed by atoms with van der Waals surface area (Å²) >= 11 is 6.00. The molecule has 0 amide bonds. The van der Waals surface area contributed by atoms with Gasteiger partial charge in [-0.2, -0.15) is 0 Å². The van der Waals surface area contributed by atoms with E-state index in [0.29, 0.717) is 5.02 Å². The van der Waals surface area contributed by atoms with Crippen molar-refractivity contribution in [2.75, 3.05) is 0 Å². The van der Waals surface area contributed by atoms with Crippen molar-refractivity contribution >= 4 is 29.2 Å². The normalized spacial score (nSPS) is 10.8. The first-order valence-electron chi connectivity index (χ1n) is 5.61. The predicted octanol–water partition coefficient (Wildman–Crippen LogP) is 4.31. The minimum atomic E-state index is -0.429. The Morgan fingerprint density at radius 2 is 1.89 bits per heavy atom. The Kier molecular flexibility index (Phi) is 3.92. The highest BCUT2D eigenvalue weighted by Crippen LogP contribution is 2.25. The third-order valence-corrected chi connectivity index (χ3v) is 3.11. The monoisotopic (exact) mass is 274 g/mol. The van der Waals surface area contributed by atoms with Crippen molar-refractivity contribution < 1.29 is 4.92 Å². The van der Waals surface area contributed by atoms with E-state index in [4.69, 9.17) is 11.6 Å². The molecule has 5 heteroatoms. The number of hydrogen-bond donors (Lipinski definition) is 0. The minimum absolute atomic E-state index is 0.0658. The van der Waals surface area contributed by atoms with E-state index in [1.165, 1.54) is 12.1 Å². The average Bonchev–Trinajstić information content (AvgIpc) is 2.41. The van der Waals surface area contributed by atoms with E-state index < -0.39 is 4.92 Å². The van der Waals surface area contributed by atoms with Gasteiger partial charge in [-0.3, -0.25) is 15.1 Å². The molecule has 4 nitrogen and oxygen atoms in total. The van der Waals surface area contributed by atoms with E-state index in [9.17, 15) is 10.1 Å². The number of benzene rings is 2. The van der Waals surface area contributed by atoms with Crippen LogP contribution < -0.4 is 0 Å². The van der Waals surface area contributed by atoms with Gasteiger partial charge in [0.1, 0.15) is 0 Å². The van der Waals surface area contributed by atoms with E-state index in [0.717, 1.165) is 16.8 Å². The van der Waals surface area contributed by atoms with Gasteiger partial charge in [-0.05, 0) is 42.3 Å². The number of nitro benzene ring substituents is 1. The fourth-order valence-electron chi connectivity index (χ4n) is 1.56. The molecule has 0 saturated heterocycles. The van der Waals surface area contributed by atoms with Crippen LogP contribution in [0.15, 0.2) is 47.5 Å². The average molecular weight is 275 g/mol. The molecule has 0 atom stereocenters. The summed E-state index contributed by atoms with van der Waals surface area (Å²) in [4.78, 5) is 14.4. The quantitative estimate of drug-likeness (QED) is 0.476. The molecule has 0 saturated carbocycles. The summed E-state index contributed by atoms with van der Waals surface area (Å²) < 4.78 is 0. The molecule has 0 aliphatic heterocycles. The van der Waals surface area contributed by atoms with E-state index in [-0.39, 0.29) is 5.69 Å². The highest BCUT2D eigenvalue weighted by atomic mass is 35.5. The fourth-order valence-corrected chi connectivity index (χ4v) is 1.73. The molecule has 0 radical (unpaired) electrons. The maximum Gasteiger partial charge on any atom is 0.269 e. The molecule has 0 spiro atoms. The van der Waals surface area contributed by atoms with Crippen LogP contribution in [-0.2, 0) is 0 Å². The van der Waals surface area contributed by atoms with E-state index in [1.54, 1.807) is 18.3 Å². The van der Waals surface area contributed by atoms with Gasteiger partial charge in [0.15, 0.2) is 0 Å². The Balaban J connectivity index is 2.23. The van der Waals surface area contributed by atoms with E-state index in [2.05, 4.69) is 4.99 Å². The summed E-state index contributed by atoms with van der Waals surface area (Å²) in [6.45, 7) is 1.89. The van der Waals surface area contributed by atoms with Gasteiger partial charge in [-0.25, -0.2) is 0 Å². The van der Waals surface area contributed by atoms with Crippen LogP contribution in [0.4, 0.5) is 11.4 Å². The molecule has 19 heavy (non-hydrogen) atoms. The standard InChI is InChI=1S/C14H11ClN2O2/c1-10-13(15)3-2-4-14(10)16-9-11-5-7-12(8-6-11)17(18)19/h2-9H,1H3. The molecule has 2 aromatic rings. The fraction of sp³-hybridized carbons (Fsp3) is 0.0714. The second-order valence-electron chi connectivity index (χ2n) is 3.99. The molecular weight excluding hydrogens is 264 g/mol. The predicted molar refractivity (Wildman–Crippen MR) is 76.5 cm³/mol. The van der Waals surface area contributed by atoms with Crippen molar-refractivity contribution in [1.29, 1.82) is 0 Å². The summed E-state index contributed by atoms with van der Waals surface area (Å²) in [5.41, 5.74) is 2.55. The van der Waals surface area contributed by atoms with E-state index >= 15 is 0 Å². The van der Waals surface area contributed by atoms with Gasteiger partial charge < -0.3 is 0 Å². The first-order valence-corrected chi connectivity index (χ1v) is 5.99. The molecule has 0 fully saturated rings. The number of nitro groups is 1. The first kappa shape index (κ1) is 13.2. The third kappa shape index (κ3) is 3.17. The molecule has 0 aliphatic carbocycles. The summed E-state index contributed by atoms with van der Waals surface area (Å²) in [6.07, 6.45) is 1.66. The summed E-state index contributed by atoms with van der Waals surface area (Å²) in [7, 11) is 0. The molecular formula is C14H11ClN2O2. The Morgan fingerprint density at radius 3 is 2.53 bits per heavy atom. The molecule has 0 aliphatic rings. The van der Waals surface area contributed by atoms with Crippen LogP contribution >= 0.6 is 11.6 Å². The number of aliphatic imine (C=N–C) groups is 1. The molecule has 0 aromatic heterocycles. The number of hydrogen-bond acceptors (Lipinski definition) is 3. The number of nitrogens with zero attached hydrogens (tertiary/aromatic N) is 2. The van der Waals surface area contributed by atoms with Crippen LogP contribution in [0.3, 0.4) is 0 Å². The Bertz CT molecular complexity index is 636.